The van der Waals surface area contributed by atoms with Gasteiger partial charge in [0.05, 0.1) is 11.1 Å². The minimum absolute atomic E-state index is 0.00368. The van der Waals surface area contributed by atoms with Crippen LogP contribution in [0.15, 0.2) is 36.4 Å². The average Bonchev–Trinajstić information content (AvgIpc) is 2.41. The second kappa shape index (κ2) is 6.20. The van der Waals surface area contributed by atoms with Gasteiger partial charge in [-0.25, -0.2) is 8.78 Å². The van der Waals surface area contributed by atoms with Gasteiger partial charge in [-0.2, -0.15) is 0 Å². The fraction of sp³-hybridized carbons (Fsp3) is 0.200. The van der Waals surface area contributed by atoms with Gasteiger partial charge in [0.15, 0.2) is 11.6 Å². The Morgan fingerprint density at radius 1 is 1.15 bits per heavy atom. The van der Waals surface area contributed by atoms with Crippen molar-refractivity contribution in [2.75, 3.05) is 0 Å². The van der Waals surface area contributed by atoms with Crippen LogP contribution in [0.3, 0.4) is 0 Å². The molecule has 2 rings (SSSR count). The monoisotopic (exact) mass is 298 g/mol. The lowest BCUT2D eigenvalue weighted by molar-refractivity contribution is 0.198. The predicted molar refractivity (Wildman–Crippen MR) is 72.8 cm³/mol. The van der Waals surface area contributed by atoms with Gasteiger partial charge < -0.3 is 9.84 Å². The van der Waals surface area contributed by atoms with Crippen LogP contribution in [0.5, 0.6) is 5.75 Å². The van der Waals surface area contributed by atoms with Crippen molar-refractivity contribution in [2.45, 2.75) is 19.6 Å². The molecule has 1 unspecified atom stereocenters. The summed E-state index contributed by atoms with van der Waals surface area (Å²) in [6.07, 6.45) is -0.741. The molecule has 0 amide bonds. The Bertz CT molecular complexity index is 615. The molecule has 2 aromatic rings. The minimum Gasteiger partial charge on any atom is -0.486 e. The van der Waals surface area contributed by atoms with E-state index >= 15 is 0 Å². The third kappa shape index (κ3) is 3.46. The molecule has 0 aliphatic heterocycles. The predicted octanol–water partition coefficient (Wildman–Crippen LogP) is 4.25. The number of hydrogen-bond donors (Lipinski definition) is 1. The largest absolute Gasteiger partial charge is 0.486 e. The first-order valence-corrected chi connectivity index (χ1v) is 6.39. The van der Waals surface area contributed by atoms with Crippen LogP contribution in [0.1, 0.15) is 24.2 Å². The Hall–Kier alpha value is -1.65. The molecule has 2 nitrogen and oxygen atoms in total. The molecule has 0 spiro atoms. The van der Waals surface area contributed by atoms with Crippen LogP contribution in [0.25, 0.3) is 0 Å². The molecular formula is C15H13ClF2O2. The van der Waals surface area contributed by atoms with Gasteiger partial charge in [0.2, 0.25) is 0 Å². The quantitative estimate of drug-likeness (QED) is 0.914. The number of benzene rings is 2. The maximum Gasteiger partial charge on any atom is 0.165 e. The van der Waals surface area contributed by atoms with Crippen LogP contribution >= 0.6 is 11.6 Å². The van der Waals surface area contributed by atoms with Gasteiger partial charge in [-0.1, -0.05) is 23.7 Å². The molecule has 20 heavy (non-hydrogen) atoms. The number of ether oxygens (including phenoxy) is 1. The van der Waals surface area contributed by atoms with E-state index in [1.54, 1.807) is 13.0 Å². The summed E-state index contributed by atoms with van der Waals surface area (Å²) in [7, 11) is 0. The lowest BCUT2D eigenvalue weighted by Gasteiger charge is -2.10. The molecule has 0 aliphatic carbocycles. The van der Waals surface area contributed by atoms with E-state index < -0.39 is 17.7 Å². The molecule has 0 aromatic heterocycles. The zero-order valence-electron chi connectivity index (χ0n) is 10.7. The maximum absolute atomic E-state index is 13.7. The lowest BCUT2D eigenvalue weighted by atomic mass is 10.1. The van der Waals surface area contributed by atoms with E-state index in [0.29, 0.717) is 11.1 Å². The molecule has 1 atom stereocenters. The summed E-state index contributed by atoms with van der Waals surface area (Å²) < 4.78 is 32.0. The standard InChI is InChI=1S/C15H13ClF2O2/c1-9(19)11-3-5-15(14(18)7-11)20-8-10-2-4-13(17)12(16)6-10/h2-7,9,19H,8H2,1H3. The molecule has 0 aliphatic rings. The van der Waals surface area contributed by atoms with Gasteiger partial charge in [-0.3, -0.25) is 0 Å². The Morgan fingerprint density at radius 2 is 1.90 bits per heavy atom. The molecule has 0 fully saturated rings. The van der Waals surface area contributed by atoms with E-state index in [1.165, 1.54) is 30.3 Å². The molecule has 2 aromatic carbocycles. The van der Waals surface area contributed by atoms with Crippen molar-refractivity contribution < 1.29 is 18.6 Å². The first-order valence-electron chi connectivity index (χ1n) is 6.01. The van der Waals surface area contributed by atoms with Crippen LogP contribution in [-0.2, 0) is 6.61 Å². The van der Waals surface area contributed by atoms with Crippen LogP contribution < -0.4 is 4.74 Å². The van der Waals surface area contributed by atoms with Crippen LogP contribution in [0.4, 0.5) is 8.78 Å². The highest BCUT2D eigenvalue weighted by molar-refractivity contribution is 6.30. The summed E-state index contributed by atoms with van der Waals surface area (Å²) in [6, 6.07) is 8.43. The van der Waals surface area contributed by atoms with Gasteiger partial charge in [-0.05, 0) is 42.3 Å². The Balaban J connectivity index is 2.09. The molecule has 0 bridgehead atoms. The second-order valence-electron chi connectivity index (χ2n) is 4.40. The summed E-state index contributed by atoms with van der Waals surface area (Å²) in [5.74, 6) is -1.01. The van der Waals surface area contributed by atoms with Crippen molar-refractivity contribution in [3.8, 4) is 5.75 Å². The number of rotatable bonds is 4. The van der Waals surface area contributed by atoms with Gasteiger partial charge >= 0.3 is 0 Å². The zero-order chi connectivity index (χ0) is 14.7. The molecule has 1 N–H and O–H groups in total. The normalized spacial score (nSPS) is 12.2. The molecule has 106 valence electrons. The van der Waals surface area contributed by atoms with Crippen molar-refractivity contribution in [2.24, 2.45) is 0 Å². The van der Waals surface area contributed by atoms with Gasteiger partial charge in [0, 0.05) is 0 Å². The lowest BCUT2D eigenvalue weighted by Crippen LogP contribution is -1.99. The van der Waals surface area contributed by atoms with Crippen molar-refractivity contribution in [3.05, 3.63) is 64.2 Å². The van der Waals surface area contributed by atoms with Gasteiger partial charge in [-0.15, -0.1) is 0 Å². The van der Waals surface area contributed by atoms with Crippen LogP contribution in [-0.4, -0.2) is 5.11 Å². The second-order valence-corrected chi connectivity index (χ2v) is 4.81. The fourth-order valence-corrected chi connectivity index (χ4v) is 1.89. The number of hydrogen-bond acceptors (Lipinski definition) is 2. The topological polar surface area (TPSA) is 29.5 Å². The molecule has 0 saturated carbocycles. The van der Waals surface area contributed by atoms with E-state index in [2.05, 4.69) is 0 Å². The highest BCUT2D eigenvalue weighted by Gasteiger charge is 2.09. The molecule has 0 saturated heterocycles. The van der Waals surface area contributed by atoms with E-state index in [9.17, 15) is 13.9 Å². The summed E-state index contributed by atoms with van der Waals surface area (Å²) in [5.41, 5.74) is 1.11. The molecular weight excluding hydrogens is 286 g/mol. The molecule has 5 heteroatoms. The van der Waals surface area contributed by atoms with Crippen LogP contribution in [0.2, 0.25) is 5.02 Å². The SMILES string of the molecule is CC(O)c1ccc(OCc2ccc(F)c(Cl)c2)c(F)c1. The third-order valence-electron chi connectivity index (χ3n) is 2.82. The van der Waals surface area contributed by atoms with Crippen molar-refractivity contribution in [1.82, 2.24) is 0 Å². The van der Waals surface area contributed by atoms with Crippen LogP contribution in [0, 0.1) is 11.6 Å². The third-order valence-corrected chi connectivity index (χ3v) is 3.11. The Labute approximate surface area is 120 Å². The summed E-state index contributed by atoms with van der Waals surface area (Å²) in [5, 5.41) is 9.34. The molecule has 0 heterocycles. The fourth-order valence-electron chi connectivity index (χ4n) is 1.68. The van der Waals surface area contributed by atoms with E-state index in [1.807, 2.05) is 0 Å². The molecule has 0 radical (unpaired) electrons. The highest BCUT2D eigenvalue weighted by atomic mass is 35.5. The highest BCUT2D eigenvalue weighted by Crippen LogP contribution is 2.23. The van der Waals surface area contributed by atoms with Crippen molar-refractivity contribution >= 4 is 11.6 Å². The van der Waals surface area contributed by atoms with E-state index in [0.717, 1.165) is 0 Å². The summed E-state index contributed by atoms with van der Waals surface area (Å²) >= 11 is 5.65. The van der Waals surface area contributed by atoms with Gasteiger partial charge in [0.25, 0.3) is 0 Å². The minimum atomic E-state index is -0.741. The van der Waals surface area contributed by atoms with Crippen molar-refractivity contribution in [1.29, 1.82) is 0 Å². The smallest absolute Gasteiger partial charge is 0.165 e. The van der Waals surface area contributed by atoms with Gasteiger partial charge in [0.1, 0.15) is 12.4 Å². The first-order chi connectivity index (χ1) is 9.47. The average molecular weight is 299 g/mol. The Kier molecular flexibility index (Phi) is 4.57. The Morgan fingerprint density at radius 3 is 2.50 bits per heavy atom. The number of halogens is 3. The summed E-state index contributed by atoms with van der Waals surface area (Å²) in [4.78, 5) is 0. The number of aliphatic hydroxyl groups is 1. The van der Waals surface area contributed by atoms with E-state index in [-0.39, 0.29) is 17.4 Å². The number of aliphatic hydroxyl groups excluding tert-OH is 1. The summed E-state index contributed by atoms with van der Waals surface area (Å²) in [6.45, 7) is 1.63. The van der Waals surface area contributed by atoms with Crippen molar-refractivity contribution in [3.63, 3.8) is 0 Å². The van der Waals surface area contributed by atoms with E-state index in [4.69, 9.17) is 16.3 Å². The first kappa shape index (κ1) is 14.8. The maximum atomic E-state index is 13.7. The zero-order valence-corrected chi connectivity index (χ0v) is 11.5.